The van der Waals surface area contributed by atoms with Crippen molar-refractivity contribution >= 4 is 11.5 Å². The fourth-order valence-electron chi connectivity index (χ4n) is 1.92. The van der Waals surface area contributed by atoms with E-state index in [0.29, 0.717) is 17.0 Å². The number of nitrogens with one attached hydrogen (secondary N) is 1. The lowest BCUT2D eigenvalue weighted by Crippen LogP contribution is -2.30. The second-order valence-electron chi connectivity index (χ2n) is 4.20. The number of hydrazine groups is 1. The van der Waals surface area contributed by atoms with Crippen LogP contribution < -0.4 is 11.3 Å². The van der Waals surface area contributed by atoms with Gasteiger partial charge < -0.3 is 0 Å². The summed E-state index contributed by atoms with van der Waals surface area (Å²) in [6.07, 6.45) is 1.48. The lowest BCUT2D eigenvalue weighted by Gasteiger charge is -2.16. The predicted octanol–water partition coefficient (Wildman–Crippen LogP) is 2.46. The van der Waals surface area contributed by atoms with E-state index in [4.69, 9.17) is 5.84 Å². The largest absolute Gasteiger partial charge is 0.271 e. The second-order valence-corrected chi connectivity index (χ2v) is 4.98. The number of rotatable bonds is 5. The van der Waals surface area contributed by atoms with Crippen molar-refractivity contribution in [2.75, 3.05) is 0 Å². The van der Waals surface area contributed by atoms with Gasteiger partial charge >= 0.3 is 0 Å². The van der Waals surface area contributed by atoms with Gasteiger partial charge in [0.25, 0.3) is 0 Å². The Morgan fingerprint density at radius 1 is 1.30 bits per heavy atom. The van der Waals surface area contributed by atoms with E-state index in [0.717, 1.165) is 30.1 Å². The summed E-state index contributed by atoms with van der Waals surface area (Å²) in [5, 5.41) is 3.95. The third-order valence-electron chi connectivity index (χ3n) is 2.88. The van der Waals surface area contributed by atoms with Gasteiger partial charge in [-0.25, -0.2) is 18.6 Å². The molecule has 0 bridgehead atoms. The zero-order valence-electron chi connectivity index (χ0n) is 10.7. The van der Waals surface area contributed by atoms with Crippen LogP contribution in [0.15, 0.2) is 12.1 Å². The summed E-state index contributed by atoms with van der Waals surface area (Å²) in [6, 6.07) is 1.21. The molecular formula is C12H13F3N4S. The van der Waals surface area contributed by atoms with Crippen LogP contribution in [0.5, 0.6) is 0 Å². The van der Waals surface area contributed by atoms with Crippen molar-refractivity contribution in [3.05, 3.63) is 45.7 Å². The first-order valence-electron chi connectivity index (χ1n) is 6.00. The normalized spacial score (nSPS) is 12.7. The van der Waals surface area contributed by atoms with Crippen LogP contribution in [0.1, 0.15) is 35.5 Å². The fraction of sp³-hybridized carbons (Fsp3) is 0.333. The van der Waals surface area contributed by atoms with E-state index < -0.39 is 23.5 Å². The molecule has 1 aromatic carbocycles. The Kier molecular flexibility index (Phi) is 4.69. The third-order valence-corrected chi connectivity index (χ3v) is 3.71. The summed E-state index contributed by atoms with van der Waals surface area (Å²) in [5.74, 6) is 1.42. The molecule has 0 fully saturated rings. The van der Waals surface area contributed by atoms with Crippen LogP contribution in [0.3, 0.4) is 0 Å². The van der Waals surface area contributed by atoms with E-state index in [1.807, 2.05) is 6.92 Å². The molecule has 1 heterocycles. The molecule has 1 aromatic heterocycles. The topological polar surface area (TPSA) is 63.8 Å². The Morgan fingerprint density at radius 2 is 2.05 bits per heavy atom. The minimum atomic E-state index is -1.52. The molecule has 1 unspecified atom stereocenters. The van der Waals surface area contributed by atoms with Crippen molar-refractivity contribution in [1.82, 2.24) is 15.0 Å². The molecule has 0 saturated carbocycles. The summed E-state index contributed by atoms with van der Waals surface area (Å²) in [7, 11) is 0. The average molecular weight is 302 g/mol. The van der Waals surface area contributed by atoms with Crippen LogP contribution >= 0.6 is 11.5 Å². The summed E-state index contributed by atoms with van der Waals surface area (Å²) in [6.45, 7) is 1.96. The minimum absolute atomic E-state index is 0.0743. The summed E-state index contributed by atoms with van der Waals surface area (Å²) in [4.78, 5) is 0.597. The maximum Gasteiger partial charge on any atom is 0.194 e. The molecule has 0 radical (unpaired) electrons. The highest BCUT2D eigenvalue weighted by molar-refractivity contribution is 7.05. The van der Waals surface area contributed by atoms with Gasteiger partial charge in [-0.1, -0.05) is 23.9 Å². The number of hydrogen-bond donors (Lipinski definition) is 2. The smallest absolute Gasteiger partial charge is 0.194 e. The monoisotopic (exact) mass is 302 g/mol. The summed E-state index contributed by atoms with van der Waals surface area (Å²) >= 11 is 1.05. The molecule has 0 aliphatic heterocycles. The van der Waals surface area contributed by atoms with Crippen molar-refractivity contribution in [2.45, 2.75) is 25.8 Å². The van der Waals surface area contributed by atoms with Crippen molar-refractivity contribution in [2.24, 2.45) is 5.84 Å². The van der Waals surface area contributed by atoms with Gasteiger partial charge in [0.2, 0.25) is 0 Å². The van der Waals surface area contributed by atoms with Crippen molar-refractivity contribution in [1.29, 1.82) is 0 Å². The molecule has 0 amide bonds. The molecule has 8 heteroatoms. The molecule has 0 aliphatic rings. The van der Waals surface area contributed by atoms with Gasteiger partial charge in [0.15, 0.2) is 17.5 Å². The van der Waals surface area contributed by atoms with Gasteiger partial charge in [0, 0.05) is 5.56 Å². The van der Waals surface area contributed by atoms with Crippen LogP contribution in [-0.2, 0) is 6.42 Å². The molecule has 1 atom stereocenters. The van der Waals surface area contributed by atoms with Crippen LogP contribution in [0.2, 0.25) is 0 Å². The molecule has 2 rings (SSSR count). The number of nitrogens with zero attached hydrogens (tertiary/aromatic N) is 2. The molecule has 0 saturated heterocycles. The molecule has 4 nitrogen and oxygen atoms in total. The van der Waals surface area contributed by atoms with Crippen LogP contribution in [-0.4, -0.2) is 9.59 Å². The van der Waals surface area contributed by atoms with Crippen LogP contribution in [0.4, 0.5) is 13.2 Å². The number of nitrogens with two attached hydrogens (primary N) is 1. The molecule has 108 valence electrons. The van der Waals surface area contributed by atoms with Gasteiger partial charge in [-0.05, 0) is 24.0 Å². The average Bonchev–Trinajstić information content (AvgIpc) is 2.88. The lowest BCUT2D eigenvalue weighted by atomic mass is 10.0. The fourth-order valence-corrected chi connectivity index (χ4v) is 2.69. The van der Waals surface area contributed by atoms with Gasteiger partial charge in [0.1, 0.15) is 0 Å². The molecule has 2 aromatic rings. The summed E-state index contributed by atoms with van der Waals surface area (Å²) in [5.41, 5.74) is 3.01. The Balaban J connectivity index is 2.47. The molecule has 3 N–H and O–H groups in total. The molecule has 0 spiro atoms. The van der Waals surface area contributed by atoms with Crippen molar-refractivity contribution in [3.8, 4) is 0 Å². The minimum Gasteiger partial charge on any atom is -0.271 e. The second kappa shape index (κ2) is 6.29. The highest BCUT2D eigenvalue weighted by Crippen LogP contribution is 2.30. The Bertz CT molecular complexity index is 602. The predicted molar refractivity (Wildman–Crippen MR) is 69.4 cm³/mol. The highest BCUT2D eigenvalue weighted by Gasteiger charge is 2.25. The van der Waals surface area contributed by atoms with E-state index in [-0.39, 0.29) is 5.56 Å². The maximum atomic E-state index is 13.9. The van der Waals surface area contributed by atoms with Gasteiger partial charge in [0.05, 0.1) is 16.6 Å². The number of aromatic nitrogens is 2. The number of halogens is 3. The van der Waals surface area contributed by atoms with E-state index in [2.05, 4.69) is 15.0 Å². The van der Waals surface area contributed by atoms with E-state index in [1.165, 1.54) is 0 Å². The van der Waals surface area contributed by atoms with Gasteiger partial charge in [-0.15, -0.1) is 5.10 Å². The molecular weight excluding hydrogens is 289 g/mol. The first kappa shape index (κ1) is 14.9. The summed E-state index contributed by atoms with van der Waals surface area (Å²) < 4.78 is 44.0. The number of hydrogen-bond acceptors (Lipinski definition) is 5. The van der Waals surface area contributed by atoms with Crippen molar-refractivity contribution < 1.29 is 13.2 Å². The third kappa shape index (κ3) is 2.67. The zero-order chi connectivity index (χ0) is 14.7. The molecule has 20 heavy (non-hydrogen) atoms. The highest BCUT2D eigenvalue weighted by atomic mass is 32.1. The first-order chi connectivity index (χ1) is 9.60. The molecule has 0 aliphatic carbocycles. The van der Waals surface area contributed by atoms with Gasteiger partial charge in [-0.3, -0.25) is 5.84 Å². The first-order valence-corrected chi connectivity index (χ1v) is 6.78. The van der Waals surface area contributed by atoms with Gasteiger partial charge in [-0.2, -0.15) is 0 Å². The number of aryl methyl sites for hydroxylation is 1. The quantitative estimate of drug-likeness (QED) is 0.506. The van der Waals surface area contributed by atoms with Crippen molar-refractivity contribution in [3.63, 3.8) is 0 Å². The van der Waals surface area contributed by atoms with E-state index in [1.54, 1.807) is 0 Å². The Labute approximate surface area is 117 Å². The van der Waals surface area contributed by atoms with Crippen LogP contribution in [0, 0.1) is 17.5 Å². The lowest BCUT2D eigenvalue weighted by molar-refractivity contribution is 0.433. The Morgan fingerprint density at radius 3 is 2.70 bits per heavy atom. The van der Waals surface area contributed by atoms with E-state index >= 15 is 0 Å². The standard InChI is InChI=1S/C12H13F3N4S/c1-2-3-8-12(20-19-18-8)11(17-16)6-4-5-7(13)10(15)9(6)14/h4-5,11,17H,2-3,16H2,1H3. The van der Waals surface area contributed by atoms with E-state index in [9.17, 15) is 13.2 Å². The zero-order valence-corrected chi connectivity index (χ0v) is 11.5. The Hall–Kier alpha value is -1.51. The SMILES string of the molecule is CCCc1nnsc1C(NN)c1ccc(F)c(F)c1F. The maximum absolute atomic E-state index is 13.9. The number of benzene rings is 1. The van der Waals surface area contributed by atoms with Crippen LogP contribution in [0.25, 0.3) is 0 Å².